The van der Waals surface area contributed by atoms with Gasteiger partial charge in [0.05, 0.1) is 16.9 Å². The van der Waals surface area contributed by atoms with E-state index in [0.717, 1.165) is 16.7 Å². The molecular weight excluding hydrogens is 380 g/mol. The van der Waals surface area contributed by atoms with E-state index in [1.165, 1.54) is 12.1 Å². The summed E-state index contributed by atoms with van der Waals surface area (Å²) in [4.78, 5) is 39.3. The zero-order valence-corrected chi connectivity index (χ0v) is 16.3. The number of benzene rings is 2. The predicted octanol–water partition coefficient (Wildman–Crippen LogP) is 2.03. The molecule has 3 amide bonds. The Bertz CT molecular complexity index is 1010. The SMILES string of the molecule is Cc1ccc(NC(=O)[C@@H](CCS(C)(=O)=O)N2C(=O)c3ccccc3C2=O)cc1. The van der Waals surface area contributed by atoms with Gasteiger partial charge >= 0.3 is 0 Å². The molecule has 0 unspecified atom stereocenters. The molecular formula is C20H20N2O5S. The molecule has 0 saturated heterocycles. The van der Waals surface area contributed by atoms with Crippen LogP contribution in [0.4, 0.5) is 5.69 Å². The molecule has 0 spiro atoms. The van der Waals surface area contributed by atoms with Gasteiger partial charge in [-0.1, -0.05) is 29.8 Å². The lowest BCUT2D eigenvalue weighted by molar-refractivity contribution is -0.120. The van der Waals surface area contributed by atoms with Crippen molar-refractivity contribution in [2.45, 2.75) is 19.4 Å². The van der Waals surface area contributed by atoms with Gasteiger partial charge < -0.3 is 5.32 Å². The first-order valence-corrected chi connectivity index (χ1v) is 10.8. The van der Waals surface area contributed by atoms with Crippen molar-refractivity contribution in [1.82, 2.24) is 4.90 Å². The molecule has 8 heteroatoms. The smallest absolute Gasteiger partial charge is 0.262 e. The zero-order chi connectivity index (χ0) is 20.5. The summed E-state index contributed by atoms with van der Waals surface area (Å²) >= 11 is 0. The van der Waals surface area contributed by atoms with Crippen LogP contribution in [0, 0.1) is 6.92 Å². The first-order valence-electron chi connectivity index (χ1n) is 8.69. The van der Waals surface area contributed by atoms with Gasteiger partial charge in [0.15, 0.2) is 0 Å². The number of nitrogens with one attached hydrogen (secondary N) is 1. The van der Waals surface area contributed by atoms with Gasteiger partial charge in [-0.2, -0.15) is 0 Å². The van der Waals surface area contributed by atoms with Crippen LogP contribution < -0.4 is 5.32 Å². The summed E-state index contributed by atoms with van der Waals surface area (Å²) in [5, 5.41) is 2.67. The molecule has 0 fully saturated rings. The lowest BCUT2D eigenvalue weighted by atomic mass is 10.1. The van der Waals surface area contributed by atoms with Crippen molar-refractivity contribution in [2.75, 3.05) is 17.3 Å². The van der Waals surface area contributed by atoms with Gasteiger partial charge in [0.25, 0.3) is 11.8 Å². The minimum atomic E-state index is -3.39. The quantitative estimate of drug-likeness (QED) is 0.748. The highest BCUT2D eigenvalue weighted by Crippen LogP contribution is 2.26. The molecule has 0 saturated carbocycles. The van der Waals surface area contributed by atoms with E-state index in [1.54, 1.807) is 24.3 Å². The minimum Gasteiger partial charge on any atom is -0.324 e. The van der Waals surface area contributed by atoms with Crippen molar-refractivity contribution >= 4 is 33.2 Å². The number of nitrogens with zero attached hydrogens (tertiary/aromatic N) is 1. The van der Waals surface area contributed by atoms with Crippen molar-refractivity contribution in [3.05, 3.63) is 65.2 Å². The minimum absolute atomic E-state index is 0.179. The van der Waals surface area contributed by atoms with Gasteiger partial charge in [-0.05, 0) is 37.6 Å². The van der Waals surface area contributed by atoms with Gasteiger partial charge in [0.2, 0.25) is 5.91 Å². The lowest BCUT2D eigenvalue weighted by Gasteiger charge is -2.25. The number of rotatable bonds is 6. The highest BCUT2D eigenvalue weighted by molar-refractivity contribution is 7.90. The second-order valence-electron chi connectivity index (χ2n) is 6.82. The molecule has 0 bridgehead atoms. The number of anilines is 1. The average Bonchev–Trinajstić information content (AvgIpc) is 2.88. The second kappa shape index (κ2) is 7.55. The number of fused-ring (bicyclic) bond motifs is 1. The highest BCUT2D eigenvalue weighted by atomic mass is 32.2. The second-order valence-corrected chi connectivity index (χ2v) is 9.08. The van der Waals surface area contributed by atoms with E-state index in [0.29, 0.717) is 5.69 Å². The summed E-state index contributed by atoms with van der Waals surface area (Å²) in [6, 6.07) is 12.1. The van der Waals surface area contributed by atoms with Crippen LogP contribution in [0.5, 0.6) is 0 Å². The molecule has 1 aliphatic heterocycles. The van der Waals surface area contributed by atoms with Crippen molar-refractivity contribution < 1.29 is 22.8 Å². The standard InChI is InChI=1S/C20H20N2O5S/c1-13-7-9-14(10-8-13)21-18(23)17(11-12-28(2,26)27)22-19(24)15-5-3-4-6-16(15)20(22)25/h3-10,17H,11-12H2,1-2H3,(H,21,23)/t17-/m1/s1. The van der Waals surface area contributed by atoms with Crippen molar-refractivity contribution in [1.29, 1.82) is 0 Å². The third-order valence-electron chi connectivity index (χ3n) is 4.52. The van der Waals surface area contributed by atoms with Crippen LogP contribution in [0.1, 0.15) is 32.7 Å². The molecule has 0 aromatic heterocycles. The molecule has 146 valence electrons. The van der Waals surface area contributed by atoms with Crippen LogP contribution >= 0.6 is 0 Å². The van der Waals surface area contributed by atoms with E-state index in [2.05, 4.69) is 5.32 Å². The van der Waals surface area contributed by atoms with Crippen molar-refractivity contribution in [3.8, 4) is 0 Å². The monoisotopic (exact) mass is 400 g/mol. The van der Waals surface area contributed by atoms with Crippen LogP contribution in [0.15, 0.2) is 48.5 Å². The van der Waals surface area contributed by atoms with E-state index in [4.69, 9.17) is 0 Å². The summed E-state index contributed by atoms with van der Waals surface area (Å²) in [7, 11) is -3.39. The fourth-order valence-corrected chi connectivity index (χ4v) is 3.71. The van der Waals surface area contributed by atoms with Gasteiger partial charge in [-0.25, -0.2) is 8.42 Å². The van der Waals surface area contributed by atoms with E-state index in [9.17, 15) is 22.8 Å². The topological polar surface area (TPSA) is 101 Å². The van der Waals surface area contributed by atoms with Crippen LogP contribution in [0.3, 0.4) is 0 Å². The number of carbonyl (C=O) groups is 3. The Kier molecular flexibility index (Phi) is 5.33. The first-order chi connectivity index (χ1) is 13.2. The molecule has 0 radical (unpaired) electrons. The summed E-state index contributed by atoms with van der Waals surface area (Å²) < 4.78 is 23.3. The van der Waals surface area contributed by atoms with Gasteiger partial charge in [-0.3, -0.25) is 19.3 Å². The maximum atomic E-state index is 12.9. The molecule has 7 nitrogen and oxygen atoms in total. The number of hydrogen-bond donors (Lipinski definition) is 1. The Labute approximate surface area is 163 Å². The molecule has 1 heterocycles. The molecule has 3 rings (SSSR count). The third kappa shape index (κ3) is 4.12. The Morgan fingerprint density at radius 2 is 1.54 bits per heavy atom. The molecule has 1 N–H and O–H groups in total. The largest absolute Gasteiger partial charge is 0.324 e. The molecule has 2 aromatic rings. The van der Waals surface area contributed by atoms with Crippen molar-refractivity contribution in [2.24, 2.45) is 0 Å². The molecule has 28 heavy (non-hydrogen) atoms. The Morgan fingerprint density at radius 3 is 2.04 bits per heavy atom. The summed E-state index contributed by atoms with van der Waals surface area (Å²) in [5.41, 5.74) is 1.92. The number of aryl methyl sites for hydroxylation is 1. The van der Waals surface area contributed by atoms with E-state index in [1.807, 2.05) is 19.1 Å². The number of sulfone groups is 1. The maximum absolute atomic E-state index is 12.9. The fraction of sp³-hybridized carbons (Fsp3) is 0.250. The number of hydrogen-bond acceptors (Lipinski definition) is 5. The first kappa shape index (κ1) is 19.8. The average molecular weight is 400 g/mol. The van der Waals surface area contributed by atoms with Crippen LogP contribution in [-0.4, -0.2) is 49.1 Å². The van der Waals surface area contributed by atoms with E-state index in [-0.39, 0.29) is 23.3 Å². The van der Waals surface area contributed by atoms with Gasteiger partial charge in [-0.15, -0.1) is 0 Å². The zero-order valence-electron chi connectivity index (χ0n) is 15.5. The number of amides is 3. The lowest BCUT2D eigenvalue weighted by Crippen LogP contribution is -2.48. The van der Waals surface area contributed by atoms with E-state index < -0.39 is 33.6 Å². The number of imide groups is 1. The predicted molar refractivity (Wildman–Crippen MR) is 105 cm³/mol. The van der Waals surface area contributed by atoms with Crippen LogP contribution in [-0.2, 0) is 14.6 Å². The molecule has 1 atom stereocenters. The van der Waals surface area contributed by atoms with Crippen molar-refractivity contribution in [3.63, 3.8) is 0 Å². The maximum Gasteiger partial charge on any atom is 0.262 e. The van der Waals surface area contributed by atoms with Gasteiger partial charge in [0, 0.05) is 11.9 Å². The van der Waals surface area contributed by atoms with Gasteiger partial charge in [0.1, 0.15) is 15.9 Å². The highest BCUT2D eigenvalue weighted by Gasteiger charge is 2.42. The molecule has 2 aromatic carbocycles. The van der Waals surface area contributed by atoms with Crippen LogP contribution in [0.25, 0.3) is 0 Å². The summed E-state index contributed by atoms with van der Waals surface area (Å²) in [6.07, 6.45) is 0.867. The Balaban J connectivity index is 1.91. The fourth-order valence-electron chi connectivity index (χ4n) is 3.06. The van der Waals surface area contributed by atoms with E-state index >= 15 is 0 Å². The third-order valence-corrected chi connectivity index (χ3v) is 5.50. The normalized spacial score (nSPS) is 14.7. The number of carbonyl (C=O) groups excluding carboxylic acids is 3. The Hall–Kier alpha value is -3.00. The summed E-state index contributed by atoms with van der Waals surface area (Å²) in [6.45, 7) is 1.90. The summed E-state index contributed by atoms with van der Waals surface area (Å²) in [5.74, 6) is -2.13. The molecule has 0 aliphatic carbocycles. The molecule has 1 aliphatic rings. The van der Waals surface area contributed by atoms with Crippen LogP contribution in [0.2, 0.25) is 0 Å². The Morgan fingerprint density at radius 1 is 1.00 bits per heavy atom.